The number of anilines is 1. The molecule has 9 N–H and O–H groups in total. The summed E-state index contributed by atoms with van der Waals surface area (Å²) in [6.07, 6.45) is -5.77. The first-order chi connectivity index (χ1) is 15.2. The van der Waals surface area contributed by atoms with Gasteiger partial charge in [-0.1, -0.05) is 5.92 Å². The summed E-state index contributed by atoms with van der Waals surface area (Å²) in [5.74, 6) is 1.74. The minimum absolute atomic E-state index is 0.328. The van der Waals surface area contributed by atoms with Crippen LogP contribution in [0.5, 0.6) is 0 Å². The van der Waals surface area contributed by atoms with Gasteiger partial charge in [-0.05, 0) is 11.6 Å². The van der Waals surface area contributed by atoms with Gasteiger partial charge in [0.25, 0.3) is 0 Å². The van der Waals surface area contributed by atoms with E-state index in [9.17, 15) is 33.4 Å². The smallest absolute Gasteiger partial charge is 0.387 e. The van der Waals surface area contributed by atoms with Crippen molar-refractivity contribution in [3.8, 4) is 11.3 Å². The molecule has 0 amide bonds. The van der Waals surface area contributed by atoms with Crippen molar-refractivity contribution in [1.82, 2.24) is 14.8 Å². The molecule has 32 heavy (non-hydrogen) atoms. The number of nitrogens with two attached hydrogens (primary N) is 2. The molecular weight excluding hydrogens is 527 g/mol. The second kappa shape index (κ2) is 9.55. The number of nitrogen functional groups attached to an aromatic ring is 1. The maximum Gasteiger partial charge on any atom is 0.490 e. The molecule has 1 aliphatic heterocycles. The molecule has 1 aliphatic rings. The lowest BCUT2D eigenvalue weighted by atomic mass is 9.92. The van der Waals surface area contributed by atoms with Gasteiger partial charge in [-0.25, -0.2) is 18.5 Å². The number of aromatic nitrogens is 3. The highest BCUT2D eigenvalue weighted by atomic mass is 35.5. The Hall–Kier alpha value is -1.25. The molecule has 1 aromatic heterocycles. The highest BCUT2D eigenvalue weighted by Crippen LogP contribution is 2.66. The molecule has 2 heterocycles. The minimum Gasteiger partial charge on any atom is -0.387 e. The van der Waals surface area contributed by atoms with Gasteiger partial charge in [0.05, 0.1) is 15.5 Å². The summed E-state index contributed by atoms with van der Waals surface area (Å²) < 4.78 is 66.5. The second-order valence-electron chi connectivity index (χ2n) is 5.71. The Morgan fingerprint density at radius 2 is 1.94 bits per heavy atom. The monoisotopic (exact) mass is 543 g/mol. The van der Waals surface area contributed by atoms with Gasteiger partial charge in [-0.3, -0.25) is 4.52 Å². The standard InChI is InChI=1S/C10H15ClN5O13P3/c11-2-1-10(13)7(17)5(27-8(10)16-9(18)15-6(12)3-14-16)4-26-31(22,23)29-32(24,25)28-30(19,20)21/h3,5,7-8,17H,4,13H2,(H,22,23)(H,24,25)(H2,12,15,18)(H2,19,20,21)/t5-,7+,8-,10?/m1/s1/i4D2. The Morgan fingerprint density at radius 1 is 1.31 bits per heavy atom. The molecule has 3 unspecified atom stereocenters. The van der Waals surface area contributed by atoms with E-state index in [1.165, 1.54) is 0 Å². The molecule has 2 rings (SSSR count). The van der Waals surface area contributed by atoms with Crippen LogP contribution in [0.1, 0.15) is 8.97 Å². The van der Waals surface area contributed by atoms with Crippen LogP contribution in [0.2, 0.25) is 0 Å². The molecule has 6 atom stereocenters. The van der Waals surface area contributed by atoms with E-state index >= 15 is 0 Å². The van der Waals surface area contributed by atoms with Crippen molar-refractivity contribution >= 4 is 40.9 Å². The first kappa shape index (κ1) is 23.9. The Labute approximate surface area is 185 Å². The average molecular weight is 544 g/mol. The zero-order valence-electron chi connectivity index (χ0n) is 17.0. The molecule has 1 fully saturated rings. The highest BCUT2D eigenvalue weighted by molar-refractivity contribution is 7.66. The summed E-state index contributed by atoms with van der Waals surface area (Å²) in [5.41, 5.74) is 7.65. The maximum atomic E-state index is 12.1. The van der Waals surface area contributed by atoms with Gasteiger partial charge in [0, 0.05) is 5.38 Å². The van der Waals surface area contributed by atoms with E-state index in [1.807, 2.05) is 0 Å². The molecule has 0 saturated carbocycles. The summed E-state index contributed by atoms with van der Waals surface area (Å²) in [4.78, 5) is 51.3. The number of phosphoric ester groups is 1. The fourth-order valence-corrected chi connectivity index (χ4v) is 5.27. The van der Waals surface area contributed by atoms with Gasteiger partial charge in [-0.15, -0.1) is 0 Å². The molecule has 0 aromatic carbocycles. The lowest BCUT2D eigenvalue weighted by molar-refractivity contribution is -0.0519. The number of halogens is 1. The van der Waals surface area contributed by atoms with Crippen LogP contribution in [-0.2, 0) is 31.6 Å². The Morgan fingerprint density at radius 3 is 2.47 bits per heavy atom. The van der Waals surface area contributed by atoms with E-state index in [1.54, 1.807) is 5.38 Å². The predicted octanol–water partition coefficient (Wildman–Crippen LogP) is -2.28. The molecule has 1 aromatic rings. The third-order valence-corrected chi connectivity index (χ3v) is 7.14. The zero-order valence-corrected chi connectivity index (χ0v) is 18.5. The van der Waals surface area contributed by atoms with Crippen LogP contribution in [0, 0.1) is 11.3 Å². The fraction of sp³-hybridized carbons (Fsp3) is 0.500. The molecule has 18 nitrogen and oxygen atoms in total. The molecule has 22 heteroatoms. The largest absolute Gasteiger partial charge is 0.490 e. The van der Waals surface area contributed by atoms with Gasteiger partial charge in [0.1, 0.15) is 18.0 Å². The maximum absolute atomic E-state index is 12.1. The van der Waals surface area contributed by atoms with Gasteiger partial charge < -0.3 is 40.9 Å². The van der Waals surface area contributed by atoms with E-state index in [0.29, 0.717) is 4.68 Å². The number of hydrogen-bond acceptors (Lipinski definition) is 13. The normalized spacial score (nSPS) is 30.9. The summed E-state index contributed by atoms with van der Waals surface area (Å²) in [6.45, 7) is -3.63. The Balaban J connectivity index is 2.40. The molecule has 1 saturated heterocycles. The van der Waals surface area contributed by atoms with E-state index in [0.717, 1.165) is 6.20 Å². The number of nitrogens with zero attached hydrogens (tertiary/aromatic N) is 3. The van der Waals surface area contributed by atoms with Crippen molar-refractivity contribution in [2.75, 3.05) is 12.3 Å². The average Bonchev–Trinajstić information content (AvgIpc) is 2.83. The third kappa shape index (κ3) is 6.64. The van der Waals surface area contributed by atoms with E-state index in [2.05, 4.69) is 29.1 Å². The summed E-state index contributed by atoms with van der Waals surface area (Å²) in [5, 5.41) is 16.0. The van der Waals surface area contributed by atoms with Crippen molar-refractivity contribution in [3.63, 3.8) is 0 Å². The van der Waals surface area contributed by atoms with Crippen LogP contribution in [0.3, 0.4) is 0 Å². The van der Waals surface area contributed by atoms with Crippen molar-refractivity contribution in [3.05, 3.63) is 16.7 Å². The minimum atomic E-state index is -6.03. The summed E-state index contributed by atoms with van der Waals surface area (Å²) in [7, 11) is -17.7. The zero-order chi connectivity index (χ0) is 26.3. The van der Waals surface area contributed by atoms with Crippen LogP contribution < -0.4 is 17.2 Å². The first-order valence-corrected chi connectivity index (χ1v) is 12.4. The van der Waals surface area contributed by atoms with Gasteiger partial charge in [-0.2, -0.15) is 23.4 Å². The van der Waals surface area contributed by atoms with Crippen LogP contribution >= 0.6 is 35.1 Å². The number of aliphatic hydroxyl groups is 1. The first-order valence-electron chi connectivity index (χ1n) is 8.54. The molecule has 0 aliphatic carbocycles. The van der Waals surface area contributed by atoms with Crippen LogP contribution in [-0.4, -0.2) is 63.8 Å². The molecule has 0 radical (unpaired) electrons. The second-order valence-corrected chi connectivity index (χ2v) is 10.2. The number of hydrogen-bond donors (Lipinski definition) is 7. The molecular formula is C10H15ClN5O13P3. The topological polar surface area (TPSA) is 289 Å². The van der Waals surface area contributed by atoms with Gasteiger partial charge in [0.2, 0.25) is 0 Å². The van der Waals surface area contributed by atoms with Crippen molar-refractivity contribution in [1.29, 1.82) is 0 Å². The van der Waals surface area contributed by atoms with Crippen LogP contribution in [0.25, 0.3) is 0 Å². The summed E-state index contributed by atoms with van der Waals surface area (Å²) in [6, 6.07) is 0. The lowest BCUT2D eigenvalue weighted by Gasteiger charge is -2.26. The number of aliphatic hydroxyl groups excluding tert-OH is 1. The quantitative estimate of drug-likeness (QED) is 0.134. The van der Waals surface area contributed by atoms with E-state index < -0.39 is 59.7 Å². The third-order valence-electron chi connectivity index (χ3n) is 3.38. The Bertz CT molecular complexity index is 1220. The molecule has 180 valence electrons. The molecule has 0 bridgehead atoms. The summed E-state index contributed by atoms with van der Waals surface area (Å²) >= 11 is 5.33. The fourth-order valence-electron chi connectivity index (χ4n) is 2.23. The van der Waals surface area contributed by atoms with E-state index in [4.69, 9.17) is 40.3 Å². The number of phosphoric acid groups is 3. The number of ether oxygens (including phenoxy) is 1. The lowest BCUT2D eigenvalue weighted by Crippen LogP contribution is -2.55. The predicted molar refractivity (Wildman–Crippen MR) is 101 cm³/mol. The van der Waals surface area contributed by atoms with Gasteiger partial charge in [0.15, 0.2) is 11.8 Å². The van der Waals surface area contributed by atoms with Crippen molar-refractivity contribution < 1.29 is 59.0 Å². The number of rotatable bonds is 8. The Kier molecular flexibility index (Phi) is 7.13. The van der Waals surface area contributed by atoms with Crippen molar-refractivity contribution in [2.24, 2.45) is 5.73 Å². The van der Waals surface area contributed by atoms with Crippen LogP contribution in [0.4, 0.5) is 5.82 Å². The molecule has 0 spiro atoms. The van der Waals surface area contributed by atoms with Crippen LogP contribution in [0.15, 0.2) is 11.0 Å². The van der Waals surface area contributed by atoms with Crippen molar-refractivity contribution in [2.45, 2.75) is 24.0 Å². The highest BCUT2D eigenvalue weighted by Gasteiger charge is 2.56. The van der Waals surface area contributed by atoms with Gasteiger partial charge >= 0.3 is 29.2 Å². The SMILES string of the molecule is [2H]C([2H])(OP(=O)(O)OP(=O)(O)OP(=O)(O)O)[C@H]1O[C@@H](n2ncc(N)nc2=O)C(N)(C#CCl)[C@H]1O. The van der Waals surface area contributed by atoms with E-state index in [-0.39, 0.29) is 5.82 Å².